The van der Waals surface area contributed by atoms with Crippen molar-refractivity contribution in [1.29, 1.82) is 0 Å². The molecule has 0 radical (unpaired) electrons. The van der Waals surface area contributed by atoms with E-state index in [0.717, 1.165) is 11.8 Å². The molecule has 2 heteroatoms. The summed E-state index contributed by atoms with van der Waals surface area (Å²) in [6.07, 6.45) is 13.0. The molecule has 0 aromatic carbocycles. The van der Waals surface area contributed by atoms with Gasteiger partial charge in [0, 0.05) is 17.8 Å². The van der Waals surface area contributed by atoms with E-state index in [1.54, 1.807) is 0 Å². The number of rotatable bonds is 0. The van der Waals surface area contributed by atoms with Crippen LogP contribution in [0, 0.1) is 16.7 Å². The summed E-state index contributed by atoms with van der Waals surface area (Å²) in [7, 11) is 0. The van der Waals surface area contributed by atoms with Crippen molar-refractivity contribution < 1.29 is 0 Å². The zero-order valence-corrected chi connectivity index (χ0v) is 15.9. The van der Waals surface area contributed by atoms with Crippen LogP contribution in [0.5, 0.6) is 0 Å². The van der Waals surface area contributed by atoms with Crippen molar-refractivity contribution in [2.75, 3.05) is 0 Å². The first-order chi connectivity index (χ1) is 9.86. The van der Waals surface area contributed by atoms with Crippen LogP contribution in [0.25, 0.3) is 0 Å². The fourth-order valence-electron chi connectivity index (χ4n) is 1.92. The van der Waals surface area contributed by atoms with Gasteiger partial charge in [-0.05, 0) is 30.4 Å². The molecule has 0 aromatic heterocycles. The molecule has 0 saturated heterocycles. The minimum absolute atomic E-state index is 0.0891. The van der Waals surface area contributed by atoms with Crippen LogP contribution in [0.2, 0.25) is 0 Å². The first kappa shape index (κ1) is 18.7. The lowest BCUT2D eigenvalue weighted by Gasteiger charge is -2.40. The van der Waals surface area contributed by atoms with Crippen molar-refractivity contribution in [3.05, 3.63) is 36.7 Å². The Hall–Kier alpha value is -1.31. The molecule has 0 fully saturated rings. The van der Waals surface area contributed by atoms with E-state index in [1.807, 2.05) is 0 Å². The lowest BCUT2D eigenvalue weighted by atomic mass is 9.75. The van der Waals surface area contributed by atoms with Gasteiger partial charge >= 0.3 is 0 Å². The molecule has 1 unspecified atom stereocenters. The summed E-state index contributed by atoms with van der Waals surface area (Å²) in [5, 5.41) is 0. The smallest absolute Gasteiger partial charge is 0.132 e. The van der Waals surface area contributed by atoms with Gasteiger partial charge in [0.25, 0.3) is 0 Å². The normalized spacial score (nSPS) is 26.1. The summed E-state index contributed by atoms with van der Waals surface area (Å²) < 4.78 is 0. The highest BCUT2D eigenvalue weighted by molar-refractivity contribution is 5.96. The molecule has 2 aliphatic rings. The molecule has 0 amide bonds. The molecule has 0 aliphatic carbocycles. The Morgan fingerprint density at radius 3 is 1.95 bits per heavy atom. The molecule has 2 nitrogen and oxygen atoms in total. The van der Waals surface area contributed by atoms with Crippen LogP contribution in [-0.2, 0) is 0 Å². The number of hydrogen-bond donors (Lipinski definition) is 0. The second-order valence-corrected chi connectivity index (χ2v) is 8.79. The van der Waals surface area contributed by atoms with Crippen LogP contribution >= 0.6 is 0 Å². The average molecular weight is 303 g/mol. The Morgan fingerprint density at radius 1 is 0.955 bits per heavy atom. The highest BCUT2D eigenvalue weighted by Gasteiger charge is 2.37. The number of hydrogen-bond acceptors (Lipinski definition) is 2. The van der Waals surface area contributed by atoms with Crippen LogP contribution in [0.1, 0.15) is 62.3 Å². The Bertz CT molecular complexity index is 496. The third-order valence-electron chi connectivity index (χ3n) is 4.02. The highest BCUT2D eigenvalue weighted by Crippen LogP contribution is 2.38. The third kappa shape index (κ3) is 4.86. The van der Waals surface area contributed by atoms with Crippen LogP contribution < -0.4 is 0 Å². The van der Waals surface area contributed by atoms with Gasteiger partial charge in [0.15, 0.2) is 0 Å². The van der Waals surface area contributed by atoms with Crippen molar-refractivity contribution in [2.45, 2.75) is 67.9 Å². The first-order valence-corrected chi connectivity index (χ1v) is 8.32. The number of aliphatic imine (C=N–C) groups is 1. The number of allylic oxidation sites excluding steroid dienone is 2. The number of nitrogens with zero attached hydrogens (tertiary/aromatic N) is 2. The van der Waals surface area contributed by atoms with E-state index in [9.17, 15) is 0 Å². The second kappa shape index (κ2) is 6.44. The number of fused-ring (bicyclic) bond motifs is 1. The van der Waals surface area contributed by atoms with Crippen LogP contribution in [0.15, 0.2) is 41.7 Å². The summed E-state index contributed by atoms with van der Waals surface area (Å²) in [6, 6.07) is 0. The van der Waals surface area contributed by atoms with Crippen LogP contribution in [0.3, 0.4) is 0 Å². The summed E-state index contributed by atoms with van der Waals surface area (Å²) in [6.45, 7) is 19.8. The predicted octanol–water partition coefficient (Wildman–Crippen LogP) is 5.79. The van der Waals surface area contributed by atoms with Gasteiger partial charge in [-0.3, -0.25) is 4.99 Å². The summed E-state index contributed by atoms with van der Waals surface area (Å²) in [5.41, 5.74) is 0.0549. The zero-order valence-electron chi connectivity index (χ0n) is 15.9. The molecule has 2 aliphatic heterocycles. The maximum atomic E-state index is 4.95. The van der Waals surface area contributed by atoms with Gasteiger partial charge in [0.2, 0.25) is 0 Å². The topological polar surface area (TPSA) is 15.6 Å². The van der Waals surface area contributed by atoms with E-state index in [-0.39, 0.29) is 16.4 Å². The zero-order chi connectivity index (χ0) is 17.2. The number of amidine groups is 1. The van der Waals surface area contributed by atoms with Gasteiger partial charge in [-0.1, -0.05) is 67.5 Å². The standard InChI is InChI=1S/C16H24N2.C4H10/c1-14(2,3)16(6)10-12-18-11-9-15(4,5)8-7-13(18)17-16;1-4(2)3/h7-12H,1-6H3;4H,1-3H3. The van der Waals surface area contributed by atoms with Gasteiger partial charge < -0.3 is 4.90 Å². The van der Waals surface area contributed by atoms with Crippen LogP contribution in [-0.4, -0.2) is 16.3 Å². The van der Waals surface area contributed by atoms with Crippen molar-refractivity contribution in [3.63, 3.8) is 0 Å². The predicted molar refractivity (Wildman–Crippen MR) is 98.8 cm³/mol. The molecule has 0 spiro atoms. The van der Waals surface area contributed by atoms with Crippen molar-refractivity contribution in [2.24, 2.45) is 21.7 Å². The molecule has 0 saturated carbocycles. The van der Waals surface area contributed by atoms with Crippen molar-refractivity contribution >= 4 is 5.84 Å². The minimum atomic E-state index is -0.147. The van der Waals surface area contributed by atoms with Gasteiger partial charge in [-0.25, -0.2) is 0 Å². The van der Waals surface area contributed by atoms with E-state index in [0.29, 0.717) is 0 Å². The fourth-order valence-corrected chi connectivity index (χ4v) is 1.92. The van der Waals surface area contributed by atoms with E-state index < -0.39 is 0 Å². The summed E-state index contributed by atoms with van der Waals surface area (Å²) in [5.74, 6) is 1.86. The Morgan fingerprint density at radius 2 is 1.45 bits per heavy atom. The van der Waals surface area contributed by atoms with Crippen LogP contribution in [0.4, 0.5) is 0 Å². The molecule has 2 rings (SSSR count). The molecule has 0 N–H and O–H groups in total. The summed E-state index contributed by atoms with van der Waals surface area (Å²) in [4.78, 5) is 7.05. The molecular formula is C20H34N2. The quantitative estimate of drug-likeness (QED) is 0.553. The van der Waals surface area contributed by atoms with E-state index in [2.05, 4.69) is 104 Å². The average Bonchev–Trinajstić information content (AvgIpc) is 2.47. The van der Waals surface area contributed by atoms with Crippen molar-refractivity contribution in [3.8, 4) is 0 Å². The van der Waals surface area contributed by atoms with E-state index >= 15 is 0 Å². The molecule has 124 valence electrons. The lowest BCUT2D eigenvalue weighted by Crippen LogP contribution is -2.41. The van der Waals surface area contributed by atoms with Crippen molar-refractivity contribution in [1.82, 2.24) is 4.90 Å². The Kier molecular flexibility index (Phi) is 5.48. The fraction of sp³-hybridized carbons (Fsp3) is 0.650. The molecule has 0 bridgehead atoms. The maximum Gasteiger partial charge on any atom is 0.132 e. The van der Waals surface area contributed by atoms with E-state index in [4.69, 9.17) is 4.99 Å². The molecular weight excluding hydrogens is 268 g/mol. The molecule has 1 atom stereocenters. The van der Waals surface area contributed by atoms with Gasteiger partial charge in [-0.15, -0.1) is 0 Å². The largest absolute Gasteiger partial charge is 0.309 e. The monoisotopic (exact) mass is 302 g/mol. The third-order valence-corrected chi connectivity index (χ3v) is 4.02. The van der Waals surface area contributed by atoms with Gasteiger partial charge in [-0.2, -0.15) is 0 Å². The van der Waals surface area contributed by atoms with E-state index in [1.165, 1.54) is 0 Å². The molecule has 22 heavy (non-hydrogen) atoms. The molecule has 2 heterocycles. The lowest BCUT2D eigenvalue weighted by molar-refractivity contribution is 0.258. The van der Waals surface area contributed by atoms with Gasteiger partial charge in [0.1, 0.15) is 5.84 Å². The highest BCUT2D eigenvalue weighted by atomic mass is 15.2. The summed E-state index contributed by atoms with van der Waals surface area (Å²) >= 11 is 0. The first-order valence-electron chi connectivity index (χ1n) is 8.32. The second-order valence-electron chi connectivity index (χ2n) is 8.79. The van der Waals surface area contributed by atoms with Gasteiger partial charge in [0.05, 0.1) is 5.54 Å². The maximum absolute atomic E-state index is 4.95. The Labute approximate surface area is 137 Å². The minimum Gasteiger partial charge on any atom is -0.309 e. The molecule has 0 aromatic rings. The Balaban J connectivity index is 0.000000541. The SMILES string of the molecule is CC(C)C.CC1(C)C=CC2=NC(C)(C(C)(C)C)C=CN2C=C1.